The van der Waals surface area contributed by atoms with E-state index in [1.165, 1.54) is 5.56 Å². The summed E-state index contributed by atoms with van der Waals surface area (Å²) in [5.41, 5.74) is 8.50. The van der Waals surface area contributed by atoms with Crippen molar-refractivity contribution in [2.24, 2.45) is 5.73 Å². The second kappa shape index (κ2) is 5.82. The van der Waals surface area contributed by atoms with Crippen LogP contribution in [0, 0.1) is 13.8 Å². The number of hydrogen-bond donors (Lipinski definition) is 1. The molecule has 2 N–H and O–H groups in total. The molecular formula is C14H22N2O. The summed E-state index contributed by atoms with van der Waals surface area (Å²) in [5.74, 6) is 0.0726. The highest BCUT2D eigenvalue weighted by atomic mass is 16.2. The molecule has 17 heavy (non-hydrogen) atoms. The maximum atomic E-state index is 12.3. The number of carbonyl (C=O) groups excluding carboxylic acids is 1. The van der Waals surface area contributed by atoms with Gasteiger partial charge in [-0.25, -0.2) is 0 Å². The molecular weight excluding hydrogens is 212 g/mol. The summed E-state index contributed by atoms with van der Waals surface area (Å²) < 4.78 is 0. The molecule has 0 radical (unpaired) electrons. The molecule has 0 fully saturated rings. The smallest absolute Gasteiger partial charge is 0.254 e. The highest BCUT2D eigenvalue weighted by molar-refractivity contribution is 5.95. The maximum absolute atomic E-state index is 12.3. The zero-order valence-corrected chi connectivity index (χ0v) is 11.2. The molecule has 0 heterocycles. The van der Waals surface area contributed by atoms with Crippen LogP contribution in [-0.2, 0) is 0 Å². The predicted octanol–water partition coefficient (Wildman–Crippen LogP) is 2.11. The van der Waals surface area contributed by atoms with Crippen LogP contribution in [0.3, 0.4) is 0 Å². The highest BCUT2D eigenvalue weighted by Crippen LogP contribution is 2.14. The quantitative estimate of drug-likeness (QED) is 0.867. The van der Waals surface area contributed by atoms with Crippen molar-refractivity contribution < 1.29 is 4.79 Å². The molecule has 0 aliphatic carbocycles. The molecule has 0 aromatic heterocycles. The van der Waals surface area contributed by atoms with E-state index >= 15 is 0 Å². The number of benzene rings is 1. The lowest BCUT2D eigenvalue weighted by molar-refractivity contribution is 0.0738. The first-order valence-corrected chi connectivity index (χ1v) is 6.02. The molecule has 0 spiro atoms. The fraction of sp³-hybridized carbons (Fsp3) is 0.500. The predicted molar refractivity (Wildman–Crippen MR) is 71.1 cm³/mol. The third-order valence-electron chi connectivity index (χ3n) is 3.18. The monoisotopic (exact) mass is 234 g/mol. The number of carbonyl (C=O) groups is 1. The van der Waals surface area contributed by atoms with E-state index in [1.807, 2.05) is 46.0 Å². The van der Waals surface area contributed by atoms with Gasteiger partial charge in [0.05, 0.1) is 0 Å². The summed E-state index contributed by atoms with van der Waals surface area (Å²) in [6.45, 7) is 6.63. The standard InChI is InChI=1S/C14H22N2O/c1-10-5-6-13(11(2)9-10)14(17)16(4)12(3)7-8-15/h5-6,9,12H,7-8,15H2,1-4H3. The van der Waals surface area contributed by atoms with E-state index in [1.54, 1.807) is 4.90 Å². The normalized spacial score (nSPS) is 12.3. The molecule has 0 aliphatic heterocycles. The van der Waals surface area contributed by atoms with Crippen molar-refractivity contribution in [2.45, 2.75) is 33.2 Å². The minimum atomic E-state index is 0.0726. The first kappa shape index (κ1) is 13.7. The van der Waals surface area contributed by atoms with Crippen LogP contribution >= 0.6 is 0 Å². The van der Waals surface area contributed by atoms with E-state index in [4.69, 9.17) is 5.73 Å². The van der Waals surface area contributed by atoms with E-state index in [2.05, 4.69) is 0 Å². The van der Waals surface area contributed by atoms with Crippen molar-refractivity contribution in [2.75, 3.05) is 13.6 Å². The average molecular weight is 234 g/mol. The van der Waals surface area contributed by atoms with Gasteiger partial charge in [0.1, 0.15) is 0 Å². The molecule has 3 nitrogen and oxygen atoms in total. The van der Waals surface area contributed by atoms with Gasteiger partial charge in [-0.05, 0) is 45.4 Å². The molecule has 0 bridgehead atoms. The van der Waals surface area contributed by atoms with Gasteiger partial charge in [0.15, 0.2) is 0 Å². The van der Waals surface area contributed by atoms with Crippen LogP contribution in [0.1, 0.15) is 34.8 Å². The first-order valence-electron chi connectivity index (χ1n) is 6.02. The lowest BCUT2D eigenvalue weighted by Gasteiger charge is -2.25. The van der Waals surface area contributed by atoms with Gasteiger partial charge in [0, 0.05) is 18.7 Å². The van der Waals surface area contributed by atoms with Gasteiger partial charge in [-0.15, -0.1) is 0 Å². The van der Waals surface area contributed by atoms with Crippen LogP contribution in [0.5, 0.6) is 0 Å². The number of nitrogens with zero attached hydrogens (tertiary/aromatic N) is 1. The van der Waals surface area contributed by atoms with E-state index in [0.29, 0.717) is 6.54 Å². The number of aryl methyl sites for hydroxylation is 2. The summed E-state index contributed by atoms with van der Waals surface area (Å²) in [6, 6.07) is 6.09. The van der Waals surface area contributed by atoms with Crippen molar-refractivity contribution in [1.82, 2.24) is 4.90 Å². The van der Waals surface area contributed by atoms with Gasteiger partial charge in [-0.3, -0.25) is 4.79 Å². The second-order valence-electron chi connectivity index (χ2n) is 4.66. The number of amides is 1. The van der Waals surface area contributed by atoms with Crippen molar-refractivity contribution in [3.63, 3.8) is 0 Å². The molecule has 0 saturated carbocycles. The fourth-order valence-corrected chi connectivity index (χ4v) is 1.88. The minimum absolute atomic E-state index is 0.0726. The molecule has 1 atom stereocenters. The summed E-state index contributed by atoms with van der Waals surface area (Å²) in [7, 11) is 1.84. The van der Waals surface area contributed by atoms with Crippen molar-refractivity contribution in [3.05, 3.63) is 34.9 Å². The van der Waals surface area contributed by atoms with Crippen molar-refractivity contribution in [1.29, 1.82) is 0 Å². The highest BCUT2D eigenvalue weighted by Gasteiger charge is 2.18. The Bertz CT molecular complexity index is 401. The van der Waals surface area contributed by atoms with E-state index in [0.717, 1.165) is 17.5 Å². The molecule has 1 aromatic rings. The van der Waals surface area contributed by atoms with Gasteiger partial charge in [-0.2, -0.15) is 0 Å². The van der Waals surface area contributed by atoms with E-state index < -0.39 is 0 Å². The van der Waals surface area contributed by atoms with Gasteiger partial charge in [0.2, 0.25) is 0 Å². The molecule has 3 heteroatoms. The van der Waals surface area contributed by atoms with Gasteiger partial charge in [0.25, 0.3) is 5.91 Å². The van der Waals surface area contributed by atoms with Crippen molar-refractivity contribution in [3.8, 4) is 0 Å². The second-order valence-corrected chi connectivity index (χ2v) is 4.66. The fourth-order valence-electron chi connectivity index (χ4n) is 1.88. The molecule has 0 saturated heterocycles. The summed E-state index contributed by atoms with van der Waals surface area (Å²) in [6.07, 6.45) is 0.827. The largest absolute Gasteiger partial charge is 0.339 e. The van der Waals surface area contributed by atoms with Crippen LogP contribution in [0.4, 0.5) is 0 Å². The van der Waals surface area contributed by atoms with E-state index in [9.17, 15) is 4.79 Å². The third kappa shape index (κ3) is 3.30. The van der Waals surface area contributed by atoms with Crippen LogP contribution in [-0.4, -0.2) is 30.4 Å². The van der Waals surface area contributed by atoms with Gasteiger partial charge < -0.3 is 10.6 Å². The van der Waals surface area contributed by atoms with Crippen LogP contribution in [0.2, 0.25) is 0 Å². The Balaban J connectivity index is 2.88. The zero-order chi connectivity index (χ0) is 13.0. The molecule has 94 valence electrons. The Morgan fingerprint density at radius 3 is 2.59 bits per heavy atom. The SMILES string of the molecule is Cc1ccc(C(=O)N(C)C(C)CCN)c(C)c1. The Morgan fingerprint density at radius 2 is 2.06 bits per heavy atom. The first-order chi connectivity index (χ1) is 7.97. The molecule has 1 amide bonds. The average Bonchev–Trinajstić information content (AvgIpc) is 2.27. The lowest BCUT2D eigenvalue weighted by Crippen LogP contribution is -2.36. The zero-order valence-electron chi connectivity index (χ0n) is 11.2. The summed E-state index contributed by atoms with van der Waals surface area (Å²) in [5, 5.41) is 0. The van der Waals surface area contributed by atoms with Gasteiger partial charge >= 0.3 is 0 Å². The maximum Gasteiger partial charge on any atom is 0.254 e. The number of hydrogen-bond acceptors (Lipinski definition) is 2. The third-order valence-corrected chi connectivity index (χ3v) is 3.18. The van der Waals surface area contributed by atoms with Crippen LogP contribution in [0.25, 0.3) is 0 Å². The number of nitrogens with two attached hydrogens (primary N) is 1. The van der Waals surface area contributed by atoms with E-state index in [-0.39, 0.29) is 11.9 Å². The Labute approximate surface area is 104 Å². The lowest BCUT2D eigenvalue weighted by atomic mass is 10.0. The van der Waals surface area contributed by atoms with Crippen molar-refractivity contribution >= 4 is 5.91 Å². The topological polar surface area (TPSA) is 46.3 Å². The minimum Gasteiger partial charge on any atom is -0.339 e. The Hall–Kier alpha value is -1.35. The molecule has 1 rings (SSSR count). The number of rotatable bonds is 4. The van der Waals surface area contributed by atoms with Crippen LogP contribution < -0.4 is 5.73 Å². The summed E-state index contributed by atoms with van der Waals surface area (Å²) >= 11 is 0. The van der Waals surface area contributed by atoms with Crippen LogP contribution in [0.15, 0.2) is 18.2 Å². The Kier molecular flexibility index (Phi) is 4.70. The van der Waals surface area contributed by atoms with Gasteiger partial charge in [-0.1, -0.05) is 17.7 Å². The summed E-state index contributed by atoms with van der Waals surface area (Å²) in [4.78, 5) is 14.0. The Morgan fingerprint density at radius 1 is 1.41 bits per heavy atom. The molecule has 1 unspecified atom stereocenters. The molecule has 1 aromatic carbocycles. The molecule has 0 aliphatic rings.